The van der Waals surface area contributed by atoms with Crippen molar-refractivity contribution in [2.45, 2.75) is 162 Å². The number of ether oxygens (including phenoxy) is 1. The lowest BCUT2D eigenvalue weighted by Crippen LogP contribution is -2.39. The largest absolute Gasteiger partial charge is 0.448 e. The smallest absolute Gasteiger partial charge is 0.330 e. The van der Waals surface area contributed by atoms with Crippen LogP contribution in [0.4, 0.5) is 0 Å². The number of aryl methyl sites for hydroxylation is 2. The van der Waals surface area contributed by atoms with E-state index in [2.05, 4.69) is 43.3 Å². The Morgan fingerprint density at radius 1 is 0.806 bits per heavy atom. The van der Waals surface area contributed by atoms with Crippen molar-refractivity contribution in [3.05, 3.63) is 42.2 Å². The molecule has 0 aliphatic carbocycles. The van der Waals surface area contributed by atoms with E-state index in [0.717, 1.165) is 12.2 Å². The first kappa shape index (κ1) is 32.4. The Bertz CT molecular complexity index is 684. The molecule has 1 atom stereocenters. The van der Waals surface area contributed by atoms with Crippen LogP contribution in [0.5, 0.6) is 0 Å². The van der Waals surface area contributed by atoms with Crippen molar-refractivity contribution >= 4 is 5.97 Å². The molecule has 0 aromatic carbocycles. The number of pyridine rings is 1. The van der Waals surface area contributed by atoms with E-state index in [4.69, 9.17) is 4.74 Å². The van der Waals surface area contributed by atoms with Crippen molar-refractivity contribution in [1.29, 1.82) is 0 Å². The highest BCUT2D eigenvalue weighted by Gasteiger charge is 2.20. The Morgan fingerprint density at radius 2 is 1.22 bits per heavy atom. The van der Waals surface area contributed by atoms with Crippen molar-refractivity contribution in [2.24, 2.45) is 0 Å². The van der Waals surface area contributed by atoms with Gasteiger partial charge < -0.3 is 4.74 Å². The highest BCUT2D eigenvalue weighted by Crippen LogP contribution is 2.16. The fraction of sp³-hybridized carbons (Fsp3) is 0.758. The molecule has 0 fully saturated rings. The molecule has 0 N–H and O–H groups in total. The molecule has 0 aliphatic rings. The minimum absolute atomic E-state index is 0.263. The summed E-state index contributed by atoms with van der Waals surface area (Å²) in [5, 5.41) is 0. The van der Waals surface area contributed by atoms with Gasteiger partial charge in [-0.1, -0.05) is 129 Å². The van der Waals surface area contributed by atoms with Crippen LogP contribution in [0, 0.1) is 6.92 Å². The maximum absolute atomic E-state index is 11.6. The van der Waals surface area contributed by atoms with E-state index in [-0.39, 0.29) is 12.1 Å². The van der Waals surface area contributed by atoms with E-state index in [1.807, 2.05) is 6.92 Å². The number of carbonyl (C=O) groups excluding carboxylic acids is 1. The van der Waals surface area contributed by atoms with Gasteiger partial charge in [-0.05, 0) is 25.8 Å². The van der Waals surface area contributed by atoms with Crippen LogP contribution in [0.1, 0.15) is 160 Å². The highest BCUT2D eigenvalue weighted by atomic mass is 16.5. The zero-order valence-corrected chi connectivity index (χ0v) is 24.2. The van der Waals surface area contributed by atoms with Gasteiger partial charge in [0, 0.05) is 24.6 Å². The molecule has 0 spiro atoms. The second-order valence-electron chi connectivity index (χ2n) is 10.8. The lowest BCUT2D eigenvalue weighted by Gasteiger charge is -2.12. The lowest BCUT2D eigenvalue weighted by molar-refractivity contribution is -0.707. The molecule has 0 amide bonds. The summed E-state index contributed by atoms with van der Waals surface area (Å²) in [5.41, 5.74) is 2.24. The molecule has 206 valence electrons. The Morgan fingerprint density at radius 3 is 1.64 bits per heavy atom. The number of hydrogen-bond donors (Lipinski definition) is 0. The average molecular weight is 501 g/mol. The van der Waals surface area contributed by atoms with Crippen LogP contribution < -0.4 is 4.57 Å². The summed E-state index contributed by atoms with van der Waals surface area (Å²) in [6.07, 6.45) is 31.1. The van der Waals surface area contributed by atoms with E-state index in [1.165, 1.54) is 140 Å². The van der Waals surface area contributed by atoms with Gasteiger partial charge in [-0.2, -0.15) is 4.57 Å². The third-order valence-corrected chi connectivity index (χ3v) is 7.35. The molecule has 0 aliphatic heterocycles. The van der Waals surface area contributed by atoms with E-state index in [0.29, 0.717) is 0 Å². The van der Waals surface area contributed by atoms with Gasteiger partial charge in [-0.25, -0.2) is 4.79 Å². The Labute approximate surface area is 224 Å². The molecule has 1 heterocycles. The lowest BCUT2D eigenvalue weighted by atomic mass is 10.0. The van der Waals surface area contributed by atoms with E-state index in [9.17, 15) is 4.79 Å². The molecule has 36 heavy (non-hydrogen) atoms. The minimum atomic E-state index is -0.366. The highest BCUT2D eigenvalue weighted by molar-refractivity contribution is 5.81. The molecule has 1 aromatic heterocycles. The van der Waals surface area contributed by atoms with Crippen molar-refractivity contribution in [3.63, 3.8) is 0 Å². The van der Waals surface area contributed by atoms with Gasteiger partial charge in [-0.15, -0.1) is 0 Å². The fourth-order valence-electron chi connectivity index (χ4n) is 5.03. The van der Waals surface area contributed by atoms with Crippen molar-refractivity contribution in [3.8, 4) is 0 Å². The number of carbonyl (C=O) groups is 1. The summed E-state index contributed by atoms with van der Waals surface area (Å²) in [6.45, 7) is 10.8. The van der Waals surface area contributed by atoms with Crippen LogP contribution in [0.25, 0.3) is 0 Å². The maximum Gasteiger partial charge on any atom is 0.330 e. The Balaban J connectivity index is 1.96. The number of hydrogen-bond acceptors (Lipinski definition) is 2. The maximum atomic E-state index is 11.6. The molecule has 1 rings (SSSR count). The quantitative estimate of drug-likeness (QED) is 0.0611. The standard InChI is InChI=1S/C33H58NO2/c1-5-7-8-9-10-11-12-13-14-15-16-17-18-19-20-21-22-23-24-25-27-34-28-26-30(3)29-32(34)31(4)36-33(35)6-2/h6,26,28-29,31H,2,5,7-25,27H2,1,3-4H3/q+1. The van der Waals surface area contributed by atoms with Gasteiger partial charge in [0.1, 0.15) is 6.54 Å². The molecule has 3 nitrogen and oxygen atoms in total. The number of esters is 1. The topological polar surface area (TPSA) is 30.2 Å². The molecular weight excluding hydrogens is 442 g/mol. The number of rotatable bonds is 24. The minimum Gasteiger partial charge on any atom is -0.448 e. The van der Waals surface area contributed by atoms with Crippen molar-refractivity contribution in [2.75, 3.05) is 0 Å². The Kier molecular flexibility index (Phi) is 20.3. The summed E-state index contributed by atoms with van der Waals surface area (Å²) >= 11 is 0. The summed E-state index contributed by atoms with van der Waals surface area (Å²) in [5.74, 6) is -0.366. The van der Waals surface area contributed by atoms with E-state index >= 15 is 0 Å². The normalized spacial score (nSPS) is 12.0. The SMILES string of the molecule is C=CC(=O)OC(C)c1cc(C)cc[n+]1CCCCCCCCCCCCCCCCCCCCCC. The second-order valence-corrected chi connectivity index (χ2v) is 10.8. The van der Waals surface area contributed by atoms with Gasteiger partial charge in [0.05, 0.1) is 0 Å². The van der Waals surface area contributed by atoms with Crippen LogP contribution in [-0.4, -0.2) is 5.97 Å². The average Bonchev–Trinajstić information content (AvgIpc) is 2.88. The number of unbranched alkanes of at least 4 members (excludes halogenated alkanes) is 19. The summed E-state index contributed by atoms with van der Waals surface area (Å²) < 4.78 is 7.69. The zero-order chi connectivity index (χ0) is 26.3. The van der Waals surface area contributed by atoms with Crippen molar-refractivity contribution in [1.82, 2.24) is 0 Å². The third kappa shape index (κ3) is 16.9. The van der Waals surface area contributed by atoms with Gasteiger partial charge >= 0.3 is 5.97 Å². The first-order valence-corrected chi connectivity index (χ1v) is 15.4. The molecule has 0 saturated carbocycles. The van der Waals surface area contributed by atoms with Crippen LogP contribution in [-0.2, 0) is 16.1 Å². The fourth-order valence-corrected chi connectivity index (χ4v) is 5.03. The van der Waals surface area contributed by atoms with Crippen molar-refractivity contribution < 1.29 is 14.1 Å². The first-order valence-electron chi connectivity index (χ1n) is 15.4. The third-order valence-electron chi connectivity index (χ3n) is 7.35. The Hall–Kier alpha value is -1.64. The number of nitrogens with zero attached hydrogens (tertiary/aromatic N) is 1. The summed E-state index contributed by atoms with van der Waals surface area (Å²) in [6, 6.07) is 4.25. The predicted octanol–water partition coefficient (Wildman–Crippen LogP) is 9.89. The summed E-state index contributed by atoms with van der Waals surface area (Å²) in [4.78, 5) is 11.6. The van der Waals surface area contributed by atoms with Crippen LogP contribution in [0.2, 0.25) is 0 Å². The van der Waals surface area contributed by atoms with Gasteiger partial charge in [0.2, 0.25) is 5.69 Å². The first-order chi connectivity index (χ1) is 17.6. The molecule has 0 bridgehead atoms. The molecule has 0 radical (unpaired) electrons. The second kappa shape index (κ2) is 22.5. The monoisotopic (exact) mass is 500 g/mol. The molecule has 1 aromatic rings. The van der Waals surface area contributed by atoms with Gasteiger partial charge in [0.25, 0.3) is 0 Å². The molecule has 0 saturated heterocycles. The predicted molar refractivity (Wildman–Crippen MR) is 154 cm³/mol. The van der Waals surface area contributed by atoms with Crippen LogP contribution >= 0.6 is 0 Å². The summed E-state index contributed by atoms with van der Waals surface area (Å²) in [7, 11) is 0. The van der Waals surface area contributed by atoms with E-state index < -0.39 is 0 Å². The molecular formula is C33H58NO2+. The van der Waals surface area contributed by atoms with Gasteiger partial charge in [0.15, 0.2) is 12.3 Å². The molecule has 1 unspecified atom stereocenters. The zero-order valence-electron chi connectivity index (χ0n) is 24.2. The van der Waals surface area contributed by atoms with Gasteiger partial charge in [-0.3, -0.25) is 0 Å². The number of aromatic nitrogens is 1. The molecule has 3 heteroatoms. The van der Waals surface area contributed by atoms with E-state index in [1.54, 1.807) is 0 Å². The van der Waals surface area contributed by atoms with Crippen LogP contribution in [0.15, 0.2) is 31.0 Å². The van der Waals surface area contributed by atoms with Crippen LogP contribution in [0.3, 0.4) is 0 Å².